The van der Waals surface area contributed by atoms with Gasteiger partial charge in [-0.05, 0) is 12.1 Å². The standard InChI is InChI=1S/C5H7N3O2S2/c1-2-10-4(9)3-11-5-6-7-8-12-5/h2-3H2,1H3. The Morgan fingerprint density at radius 3 is 3.17 bits per heavy atom. The number of nitrogens with zero attached hydrogens (tertiary/aromatic N) is 3. The first-order valence-electron chi connectivity index (χ1n) is 3.26. The summed E-state index contributed by atoms with van der Waals surface area (Å²) in [5, 5.41) is 7.05. The Balaban J connectivity index is 2.22. The predicted molar refractivity (Wildman–Crippen MR) is 45.1 cm³/mol. The van der Waals surface area contributed by atoms with Gasteiger partial charge >= 0.3 is 5.97 Å². The highest BCUT2D eigenvalue weighted by Crippen LogP contribution is 2.16. The van der Waals surface area contributed by atoms with Crippen LogP contribution in [0.4, 0.5) is 0 Å². The Morgan fingerprint density at radius 1 is 1.75 bits per heavy atom. The molecule has 12 heavy (non-hydrogen) atoms. The number of aromatic nitrogens is 3. The summed E-state index contributed by atoms with van der Waals surface area (Å²) in [4.78, 5) is 10.8. The van der Waals surface area contributed by atoms with Gasteiger partial charge in [-0.3, -0.25) is 4.79 Å². The summed E-state index contributed by atoms with van der Waals surface area (Å²) < 4.78 is 8.95. The summed E-state index contributed by atoms with van der Waals surface area (Å²) in [5.41, 5.74) is 0. The lowest BCUT2D eigenvalue weighted by molar-refractivity contribution is -0.139. The number of carbonyl (C=O) groups excluding carboxylic acids is 1. The molecule has 66 valence electrons. The number of hydrogen-bond donors (Lipinski definition) is 0. The van der Waals surface area contributed by atoms with Crippen LogP contribution in [0.3, 0.4) is 0 Å². The van der Waals surface area contributed by atoms with Crippen molar-refractivity contribution in [3.05, 3.63) is 0 Å². The van der Waals surface area contributed by atoms with Crippen LogP contribution in [0.5, 0.6) is 0 Å². The van der Waals surface area contributed by atoms with Gasteiger partial charge in [0.05, 0.1) is 12.4 Å². The lowest BCUT2D eigenvalue weighted by atomic mass is 10.8. The SMILES string of the molecule is CCOC(=O)CSc1nnns1. The molecule has 1 rings (SSSR count). The highest BCUT2D eigenvalue weighted by molar-refractivity contribution is 8.01. The molecule has 1 aromatic rings. The Hall–Kier alpha value is -0.690. The van der Waals surface area contributed by atoms with E-state index in [4.69, 9.17) is 4.74 Å². The molecule has 0 N–H and O–H groups in total. The summed E-state index contributed by atoms with van der Waals surface area (Å²) in [6, 6.07) is 0. The van der Waals surface area contributed by atoms with Gasteiger partial charge in [0.15, 0.2) is 4.34 Å². The van der Waals surface area contributed by atoms with Crippen molar-refractivity contribution in [1.29, 1.82) is 0 Å². The molecule has 0 amide bonds. The number of thioether (sulfide) groups is 1. The average Bonchev–Trinajstić information content (AvgIpc) is 2.53. The molecule has 0 aliphatic rings. The van der Waals surface area contributed by atoms with Gasteiger partial charge in [-0.25, -0.2) is 0 Å². The van der Waals surface area contributed by atoms with E-state index in [1.807, 2.05) is 0 Å². The van der Waals surface area contributed by atoms with Crippen LogP contribution in [0.15, 0.2) is 4.34 Å². The number of rotatable bonds is 4. The topological polar surface area (TPSA) is 65.0 Å². The Labute approximate surface area is 77.7 Å². The van der Waals surface area contributed by atoms with Gasteiger partial charge in [0.2, 0.25) is 0 Å². The second-order valence-corrected chi connectivity index (χ2v) is 3.68. The molecular weight excluding hydrogens is 198 g/mol. The molecule has 0 aliphatic heterocycles. The monoisotopic (exact) mass is 205 g/mol. The van der Waals surface area contributed by atoms with Crippen LogP contribution < -0.4 is 0 Å². The largest absolute Gasteiger partial charge is 0.465 e. The lowest BCUT2D eigenvalue weighted by Crippen LogP contribution is -2.06. The van der Waals surface area contributed by atoms with E-state index in [1.165, 1.54) is 23.3 Å². The third-order valence-corrected chi connectivity index (χ3v) is 2.58. The van der Waals surface area contributed by atoms with E-state index in [-0.39, 0.29) is 11.7 Å². The van der Waals surface area contributed by atoms with Crippen LogP contribution in [-0.4, -0.2) is 33.1 Å². The minimum absolute atomic E-state index is 0.238. The van der Waals surface area contributed by atoms with Gasteiger partial charge in [0.25, 0.3) is 0 Å². The molecule has 0 spiro atoms. The fraction of sp³-hybridized carbons (Fsp3) is 0.600. The van der Waals surface area contributed by atoms with Gasteiger partial charge in [0, 0.05) is 11.5 Å². The van der Waals surface area contributed by atoms with Crippen molar-refractivity contribution in [1.82, 2.24) is 14.8 Å². The van der Waals surface area contributed by atoms with Crippen LogP contribution in [0.2, 0.25) is 0 Å². The van der Waals surface area contributed by atoms with Gasteiger partial charge in [0.1, 0.15) is 0 Å². The first-order chi connectivity index (χ1) is 5.83. The average molecular weight is 205 g/mol. The first kappa shape index (κ1) is 9.40. The molecule has 0 unspecified atom stereocenters. The third-order valence-electron chi connectivity index (χ3n) is 0.901. The van der Waals surface area contributed by atoms with Crippen molar-refractivity contribution >= 4 is 29.3 Å². The molecule has 0 atom stereocenters. The molecule has 0 saturated heterocycles. The van der Waals surface area contributed by atoms with Gasteiger partial charge in [-0.15, -0.1) is 5.10 Å². The fourth-order valence-electron chi connectivity index (χ4n) is 0.505. The van der Waals surface area contributed by atoms with E-state index in [1.54, 1.807) is 6.92 Å². The van der Waals surface area contributed by atoms with Gasteiger partial charge in [-0.1, -0.05) is 16.3 Å². The Bertz CT molecular complexity index is 239. The quantitative estimate of drug-likeness (QED) is 0.529. The van der Waals surface area contributed by atoms with Crippen molar-refractivity contribution in [2.24, 2.45) is 0 Å². The summed E-state index contributed by atoms with van der Waals surface area (Å²) >= 11 is 2.45. The molecule has 7 heteroatoms. The van der Waals surface area contributed by atoms with Crippen molar-refractivity contribution in [2.75, 3.05) is 12.4 Å². The zero-order chi connectivity index (χ0) is 8.81. The maximum absolute atomic E-state index is 10.8. The number of esters is 1. The number of hydrogen-bond acceptors (Lipinski definition) is 7. The minimum atomic E-state index is -0.238. The molecule has 0 fully saturated rings. The maximum atomic E-state index is 10.8. The highest BCUT2D eigenvalue weighted by atomic mass is 32.2. The van der Waals surface area contributed by atoms with E-state index in [0.29, 0.717) is 10.9 Å². The molecular formula is C5H7N3O2S2. The Kier molecular flexibility index (Phi) is 3.95. The van der Waals surface area contributed by atoms with Crippen molar-refractivity contribution in [3.63, 3.8) is 0 Å². The number of carbonyl (C=O) groups is 1. The second kappa shape index (κ2) is 5.04. The zero-order valence-corrected chi connectivity index (χ0v) is 8.02. The van der Waals surface area contributed by atoms with Crippen molar-refractivity contribution in [3.8, 4) is 0 Å². The zero-order valence-electron chi connectivity index (χ0n) is 6.39. The molecule has 1 heterocycles. The van der Waals surface area contributed by atoms with Crippen LogP contribution in [-0.2, 0) is 9.53 Å². The summed E-state index contributed by atoms with van der Waals surface area (Å²) in [7, 11) is 0. The summed E-state index contributed by atoms with van der Waals surface area (Å²) in [6.45, 7) is 2.18. The van der Waals surface area contributed by atoms with Gasteiger partial charge < -0.3 is 4.74 Å². The summed E-state index contributed by atoms with van der Waals surface area (Å²) in [5.74, 6) is 0.0303. The summed E-state index contributed by atoms with van der Waals surface area (Å²) in [6.07, 6.45) is 0. The van der Waals surface area contributed by atoms with Crippen LogP contribution in [0.1, 0.15) is 6.92 Å². The molecule has 5 nitrogen and oxygen atoms in total. The highest BCUT2D eigenvalue weighted by Gasteiger charge is 2.05. The third kappa shape index (κ3) is 3.14. The molecule has 0 aliphatic carbocycles. The van der Waals surface area contributed by atoms with Crippen LogP contribution in [0.25, 0.3) is 0 Å². The van der Waals surface area contributed by atoms with E-state index in [0.717, 1.165) is 0 Å². The molecule has 0 radical (unpaired) electrons. The molecule has 0 bridgehead atoms. The molecule has 1 aromatic heterocycles. The minimum Gasteiger partial charge on any atom is -0.465 e. The molecule has 0 aromatic carbocycles. The van der Waals surface area contributed by atoms with Crippen LogP contribution in [0, 0.1) is 0 Å². The van der Waals surface area contributed by atoms with E-state index in [2.05, 4.69) is 14.8 Å². The van der Waals surface area contributed by atoms with Gasteiger partial charge in [-0.2, -0.15) is 0 Å². The van der Waals surface area contributed by atoms with E-state index < -0.39 is 0 Å². The van der Waals surface area contributed by atoms with Crippen molar-refractivity contribution in [2.45, 2.75) is 11.3 Å². The first-order valence-corrected chi connectivity index (χ1v) is 5.02. The van der Waals surface area contributed by atoms with Crippen LogP contribution >= 0.6 is 23.3 Å². The molecule has 0 saturated carbocycles. The normalized spacial score (nSPS) is 9.75. The fourth-order valence-corrected chi connectivity index (χ4v) is 1.63. The smallest absolute Gasteiger partial charge is 0.316 e. The maximum Gasteiger partial charge on any atom is 0.316 e. The second-order valence-electron chi connectivity index (χ2n) is 1.72. The van der Waals surface area contributed by atoms with E-state index >= 15 is 0 Å². The van der Waals surface area contributed by atoms with E-state index in [9.17, 15) is 4.79 Å². The lowest BCUT2D eigenvalue weighted by Gasteiger charge is -1.97. The van der Waals surface area contributed by atoms with Crippen molar-refractivity contribution < 1.29 is 9.53 Å². The number of ether oxygens (including phenoxy) is 1. The Morgan fingerprint density at radius 2 is 2.58 bits per heavy atom. The predicted octanol–water partition coefficient (Wildman–Crippen LogP) is 0.588.